The number of pyridine rings is 1. The number of amides is 1. The molecule has 0 saturated carbocycles. The molecule has 0 bridgehead atoms. The van der Waals surface area contributed by atoms with Crippen LogP contribution in [0.3, 0.4) is 0 Å². The summed E-state index contributed by atoms with van der Waals surface area (Å²) in [5.41, 5.74) is 4.22. The first-order chi connectivity index (χ1) is 16.2. The summed E-state index contributed by atoms with van der Waals surface area (Å²) in [5.74, 6) is 0. The van der Waals surface area contributed by atoms with Crippen molar-refractivity contribution in [3.63, 3.8) is 0 Å². The van der Waals surface area contributed by atoms with Gasteiger partial charge in [0.15, 0.2) is 0 Å². The van der Waals surface area contributed by atoms with Crippen LogP contribution in [-0.2, 0) is 35.5 Å². The van der Waals surface area contributed by atoms with Gasteiger partial charge in [0.25, 0.3) is 5.56 Å². The molecule has 1 atom stereocenters. The molecule has 1 aliphatic heterocycles. The van der Waals surface area contributed by atoms with Gasteiger partial charge in [0.2, 0.25) is 0 Å². The molecule has 3 heterocycles. The fourth-order valence-electron chi connectivity index (χ4n) is 5.16. The lowest BCUT2D eigenvalue weighted by atomic mass is 9.89. The van der Waals surface area contributed by atoms with E-state index in [4.69, 9.17) is 9.84 Å². The van der Waals surface area contributed by atoms with Gasteiger partial charge in [-0.2, -0.15) is 5.10 Å². The summed E-state index contributed by atoms with van der Waals surface area (Å²) in [7, 11) is 0. The number of benzene rings is 1. The van der Waals surface area contributed by atoms with Crippen molar-refractivity contribution in [2.24, 2.45) is 0 Å². The number of aromatic nitrogens is 3. The molecule has 0 radical (unpaired) electrons. The van der Waals surface area contributed by atoms with Crippen LogP contribution in [0.1, 0.15) is 60.5 Å². The van der Waals surface area contributed by atoms with E-state index >= 15 is 0 Å². The van der Waals surface area contributed by atoms with E-state index in [-0.39, 0.29) is 24.3 Å². The predicted octanol–water partition coefficient (Wildman–Crippen LogP) is 3.67. The molecule has 1 saturated heterocycles. The zero-order chi connectivity index (χ0) is 22.8. The number of carbonyl (C=O) groups is 2. The third kappa shape index (κ3) is 4.05. The largest absolute Gasteiger partial charge is 0.445 e. The van der Waals surface area contributed by atoms with Crippen LogP contribution in [0.2, 0.25) is 0 Å². The molecular weight excluding hydrogens is 420 g/mol. The van der Waals surface area contributed by atoms with Crippen LogP contribution in [-0.4, -0.2) is 38.6 Å². The number of hydrogen-bond acceptors (Lipinski definition) is 5. The van der Waals surface area contributed by atoms with Crippen LogP contribution in [0.15, 0.2) is 35.1 Å². The molecule has 3 aromatic rings. The Labute approximate surface area is 191 Å². The summed E-state index contributed by atoms with van der Waals surface area (Å²) in [6.07, 6.45) is 6.06. The number of rotatable bonds is 6. The smallest absolute Gasteiger partial charge is 0.410 e. The topological polar surface area (TPSA) is 97.3 Å². The molecule has 0 unspecified atom stereocenters. The van der Waals surface area contributed by atoms with Crippen LogP contribution < -0.4 is 5.56 Å². The molecule has 1 fully saturated rings. The van der Waals surface area contributed by atoms with Crippen molar-refractivity contribution in [1.82, 2.24) is 19.7 Å². The Morgan fingerprint density at radius 1 is 1.15 bits per heavy atom. The Balaban J connectivity index is 1.51. The minimum atomic E-state index is -0.352. The molecule has 172 valence electrons. The molecule has 2 aromatic heterocycles. The van der Waals surface area contributed by atoms with Gasteiger partial charge in [0, 0.05) is 30.5 Å². The third-order valence-electron chi connectivity index (χ3n) is 6.72. The fraction of sp³-hybridized carbons (Fsp3) is 0.440. The van der Waals surface area contributed by atoms with Crippen LogP contribution in [0.25, 0.3) is 11.0 Å². The first kappa shape index (κ1) is 21.4. The summed E-state index contributed by atoms with van der Waals surface area (Å²) in [6, 6.07) is 9.41. The molecule has 8 heteroatoms. The second kappa shape index (κ2) is 9.21. The van der Waals surface area contributed by atoms with Crippen molar-refractivity contribution in [2.45, 2.75) is 64.1 Å². The summed E-state index contributed by atoms with van der Waals surface area (Å²) in [5, 5.41) is 5.79. The number of carbonyl (C=O) groups excluding carboxylic acids is 2. The Morgan fingerprint density at radius 2 is 1.94 bits per heavy atom. The maximum atomic E-state index is 13.0. The molecule has 1 amide bonds. The van der Waals surface area contributed by atoms with Gasteiger partial charge in [-0.15, -0.1) is 0 Å². The van der Waals surface area contributed by atoms with Crippen LogP contribution in [0, 0.1) is 0 Å². The standard InChI is InChI=1S/C25H28N4O4/c30-15-7-14-29-23-21(18-10-4-5-11-19(18)24(31)26-23)22(27-29)20-12-6-13-28(20)25(32)33-16-17-8-2-1-3-9-17/h1-3,8-9,15,20H,4-7,10-14,16H2,(H,26,31)/t20-/m1/s1. The first-order valence-electron chi connectivity index (χ1n) is 11.7. The van der Waals surface area contributed by atoms with Gasteiger partial charge < -0.3 is 14.5 Å². The zero-order valence-electron chi connectivity index (χ0n) is 18.6. The average molecular weight is 449 g/mol. The number of fused-ring (bicyclic) bond motifs is 3. The van der Waals surface area contributed by atoms with Gasteiger partial charge >= 0.3 is 6.09 Å². The highest BCUT2D eigenvalue weighted by Gasteiger charge is 2.36. The van der Waals surface area contributed by atoms with Crippen molar-refractivity contribution < 1.29 is 14.3 Å². The Hall–Kier alpha value is -3.42. The SMILES string of the molecule is O=CCCn1nc([C@H]2CCCN2C(=O)OCc2ccccc2)c2c3c(c(=O)[nH]c21)CCCC3. The molecule has 1 aromatic carbocycles. The van der Waals surface area contributed by atoms with E-state index in [0.29, 0.717) is 25.2 Å². The maximum absolute atomic E-state index is 13.0. The average Bonchev–Trinajstić information content (AvgIpc) is 3.47. The monoisotopic (exact) mass is 448 g/mol. The number of nitrogens with one attached hydrogen (secondary N) is 1. The van der Waals surface area contributed by atoms with Gasteiger partial charge in [-0.05, 0) is 49.7 Å². The van der Waals surface area contributed by atoms with E-state index in [2.05, 4.69) is 4.98 Å². The van der Waals surface area contributed by atoms with Crippen molar-refractivity contribution >= 4 is 23.4 Å². The number of hydrogen-bond donors (Lipinski definition) is 1. The van der Waals surface area contributed by atoms with Crippen LogP contribution >= 0.6 is 0 Å². The number of aryl methyl sites for hydroxylation is 2. The first-order valence-corrected chi connectivity index (χ1v) is 11.7. The lowest BCUT2D eigenvalue weighted by Crippen LogP contribution is -2.31. The number of nitrogens with zero attached hydrogens (tertiary/aromatic N) is 3. The maximum Gasteiger partial charge on any atom is 0.410 e. The molecule has 5 rings (SSSR count). The highest BCUT2D eigenvalue weighted by atomic mass is 16.6. The van der Waals surface area contributed by atoms with E-state index in [9.17, 15) is 14.4 Å². The lowest BCUT2D eigenvalue weighted by molar-refractivity contribution is -0.108. The van der Waals surface area contributed by atoms with Crippen LogP contribution in [0.4, 0.5) is 4.79 Å². The molecule has 8 nitrogen and oxygen atoms in total. The highest BCUT2D eigenvalue weighted by Crippen LogP contribution is 2.38. The van der Waals surface area contributed by atoms with Gasteiger partial charge in [0.05, 0.1) is 11.7 Å². The summed E-state index contributed by atoms with van der Waals surface area (Å²) < 4.78 is 7.35. The van der Waals surface area contributed by atoms with Crippen LogP contribution in [0.5, 0.6) is 0 Å². The van der Waals surface area contributed by atoms with E-state index in [1.165, 1.54) is 0 Å². The summed E-state index contributed by atoms with van der Waals surface area (Å²) in [6.45, 7) is 1.21. The van der Waals surface area contributed by atoms with Crippen molar-refractivity contribution in [3.8, 4) is 0 Å². The van der Waals surface area contributed by atoms with E-state index in [1.54, 1.807) is 9.58 Å². The number of aldehydes is 1. The number of H-pyrrole nitrogens is 1. The molecule has 0 spiro atoms. The Kier molecular flexibility index (Phi) is 5.98. The summed E-state index contributed by atoms with van der Waals surface area (Å²) >= 11 is 0. The predicted molar refractivity (Wildman–Crippen MR) is 123 cm³/mol. The Bertz CT molecular complexity index is 1230. The molecule has 33 heavy (non-hydrogen) atoms. The normalized spacial score (nSPS) is 17.8. The summed E-state index contributed by atoms with van der Waals surface area (Å²) in [4.78, 5) is 41.6. The molecule has 1 N–H and O–H groups in total. The molecule has 1 aliphatic carbocycles. The quantitative estimate of drug-likeness (QED) is 0.581. The Morgan fingerprint density at radius 3 is 2.73 bits per heavy atom. The van der Waals surface area contributed by atoms with Gasteiger partial charge in [-0.25, -0.2) is 9.48 Å². The minimum Gasteiger partial charge on any atom is -0.445 e. The second-order valence-corrected chi connectivity index (χ2v) is 8.80. The van der Waals surface area contributed by atoms with Crippen molar-refractivity contribution in [3.05, 3.63) is 63.1 Å². The zero-order valence-corrected chi connectivity index (χ0v) is 18.6. The van der Waals surface area contributed by atoms with Gasteiger partial charge in [0.1, 0.15) is 18.5 Å². The van der Waals surface area contributed by atoms with Crippen molar-refractivity contribution in [2.75, 3.05) is 6.54 Å². The molecular formula is C25H28N4O4. The highest BCUT2D eigenvalue weighted by molar-refractivity contribution is 5.85. The number of ether oxygens (including phenoxy) is 1. The van der Waals surface area contributed by atoms with Gasteiger partial charge in [-0.1, -0.05) is 30.3 Å². The van der Waals surface area contributed by atoms with Crippen molar-refractivity contribution in [1.29, 1.82) is 0 Å². The fourth-order valence-corrected chi connectivity index (χ4v) is 5.16. The minimum absolute atomic E-state index is 0.0680. The lowest BCUT2D eigenvalue weighted by Gasteiger charge is -2.24. The van der Waals surface area contributed by atoms with E-state index in [1.807, 2.05) is 30.3 Å². The van der Waals surface area contributed by atoms with E-state index in [0.717, 1.165) is 72.6 Å². The number of aromatic amines is 1. The third-order valence-corrected chi connectivity index (χ3v) is 6.72. The van der Waals surface area contributed by atoms with Gasteiger partial charge in [-0.3, -0.25) is 9.69 Å². The van der Waals surface area contributed by atoms with E-state index < -0.39 is 0 Å². The molecule has 2 aliphatic rings. The number of likely N-dealkylation sites (tertiary alicyclic amines) is 1. The second-order valence-electron chi connectivity index (χ2n) is 8.80.